The Morgan fingerprint density at radius 3 is 2.52 bits per heavy atom. The average Bonchev–Trinajstić information content (AvgIpc) is 2.49. The van der Waals surface area contributed by atoms with E-state index in [1.54, 1.807) is 11.8 Å². The molecule has 1 unspecified atom stereocenters. The third-order valence-electron chi connectivity index (χ3n) is 3.60. The Kier molecular flexibility index (Phi) is 6.21. The van der Waals surface area contributed by atoms with Crippen LogP contribution in [-0.4, -0.2) is 51.1 Å². The maximum Gasteiger partial charge on any atom is 0.162 e. The third kappa shape index (κ3) is 4.80. The van der Waals surface area contributed by atoms with Crippen molar-refractivity contribution in [1.29, 1.82) is 0 Å². The van der Waals surface area contributed by atoms with Crippen LogP contribution in [0.5, 0.6) is 11.5 Å². The van der Waals surface area contributed by atoms with Crippen molar-refractivity contribution in [3.8, 4) is 11.5 Å². The van der Waals surface area contributed by atoms with Crippen LogP contribution in [0.25, 0.3) is 0 Å². The summed E-state index contributed by atoms with van der Waals surface area (Å²) >= 11 is 1.75. The Labute approximate surface area is 132 Å². The predicted molar refractivity (Wildman–Crippen MR) is 88.7 cm³/mol. The minimum atomic E-state index is 0.496. The quantitative estimate of drug-likeness (QED) is 0.783. The number of hydrogen-bond acceptors (Lipinski definition) is 5. The van der Waals surface area contributed by atoms with Crippen LogP contribution in [0.1, 0.15) is 18.9 Å². The van der Waals surface area contributed by atoms with E-state index in [-0.39, 0.29) is 0 Å². The molecule has 0 saturated heterocycles. The maximum atomic E-state index is 5.68. The smallest absolute Gasteiger partial charge is 0.162 e. The van der Waals surface area contributed by atoms with E-state index in [1.165, 1.54) is 10.5 Å². The molecular weight excluding hydrogens is 284 g/mol. The van der Waals surface area contributed by atoms with Crippen LogP contribution < -0.4 is 14.8 Å². The molecule has 0 bridgehead atoms. The fourth-order valence-corrected chi connectivity index (χ4v) is 2.90. The SMILES string of the molecule is CSc1cc2c(cc1CNC(C)CCN(C)C)OCCO2. The zero-order chi connectivity index (χ0) is 15.2. The molecule has 0 aliphatic carbocycles. The molecule has 1 N–H and O–H groups in total. The highest BCUT2D eigenvalue weighted by atomic mass is 32.2. The van der Waals surface area contributed by atoms with Crippen molar-refractivity contribution in [3.05, 3.63) is 17.7 Å². The Balaban J connectivity index is 1.98. The van der Waals surface area contributed by atoms with Crippen LogP contribution in [0.15, 0.2) is 17.0 Å². The molecule has 0 radical (unpaired) electrons. The molecule has 1 aromatic carbocycles. The first-order valence-electron chi connectivity index (χ1n) is 7.44. The molecule has 1 aliphatic rings. The summed E-state index contributed by atoms with van der Waals surface area (Å²) in [5.41, 5.74) is 1.28. The summed E-state index contributed by atoms with van der Waals surface area (Å²) in [6.45, 7) is 5.48. The highest BCUT2D eigenvalue weighted by Crippen LogP contribution is 2.36. The lowest BCUT2D eigenvalue weighted by Gasteiger charge is -2.22. The molecule has 0 fully saturated rings. The summed E-state index contributed by atoms with van der Waals surface area (Å²) in [5.74, 6) is 1.74. The van der Waals surface area contributed by atoms with Gasteiger partial charge in [0.25, 0.3) is 0 Å². The Hall–Kier alpha value is -0.910. The van der Waals surface area contributed by atoms with Gasteiger partial charge in [-0.05, 0) is 57.9 Å². The van der Waals surface area contributed by atoms with E-state index in [4.69, 9.17) is 9.47 Å². The second-order valence-corrected chi connectivity index (χ2v) is 6.53. The minimum absolute atomic E-state index is 0.496. The van der Waals surface area contributed by atoms with Gasteiger partial charge in [-0.15, -0.1) is 11.8 Å². The first-order chi connectivity index (χ1) is 10.1. The number of hydrogen-bond donors (Lipinski definition) is 1. The molecule has 0 amide bonds. The highest BCUT2D eigenvalue weighted by molar-refractivity contribution is 7.98. The van der Waals surface area contributed by atoms with E-state index in [0.29, 0.717) is 19.3 Å². The van der Waals surface area contributed by atoms with Gasteiger partial charge in [0.1, 0.15) is 13.2 Å². The van der Waals surface area contributed by atoms with Crippen molar-refractivity contribution in [3.63, 3.8) is 0 Å². The number of thioether (sulfide) groups is 1. The Morgan fingerprint density at radius 2 is 1.90 bits per heavy atom. The summed E-state index contributed by atoms with van der Waals surface area (Å²) in [5, 5.41) is 3.60. The van der Waals surface area contributed by atoms with Gasteiger partial charge in [-0.3, -0.25) is 0 Å². The monoisotopic (exact) mass is 310 g/mol. The first kappa shape index (κ1) is 16.5. The second kappa shape index (κ2) is 7.92. The third-order valence-corrected chi connectivity index (χ3v) is 4.42. The number of nitrogens with zero attached hydrogens (tertiary/aromatic N) is 1. The Bertz CT molecular complexity index is 466. The molecule has 4 nitrogen and oxygen atoms in total. The van der Waals surface area contributed by atoms with Crippen molar-refractivity contribution in [2.24, 2.45) is 0 Å². The van der Waals surface area contributed by atoms with E-state index in [9.17, 15) is 0 Å². The lowest BCUT2D eigenvalue weighted by atomic mass is 10.1. The van der Waals surface area contributed by atoms with Crippen molar-refractivity contribution in [1.82, 2.24) is 10.2 Å². The number of ether oxygens (including phenoxy) is 2. The van der Waals surface area contributed by atoms with Gasteiger partial charge in [-0.1, -0.05) is 0 Å². The zero-order valence-corrected chi connectivity index (χ0v) is 14.3. The van der Waals surface area contributed by atoms with E-state index >= 15 is 0 Å². The predicted octanol–water partition coefficient (Wildman–Crippen LogP) is 2.61. The van der Waals surface area contributed by atoms with Crippen LogP contribution >= 0.6 is 11.8 Å². The second-order valence-electron chi connectivity index (χ2n) is 5.68. The molecule has 2 rings (SSSR count). The van der Waals surface area contributed by atoms with Crippen molar-refractivity contribution < 1.29 is 9.47 Å². The minimum Gasteiger partial charge on any atom is -0.486 e. The van der Waals surface area contributed by atoms with Gasteiger partial charge in [0.15, 0.2) is 11.5 Å². The molecule has 5 heteroatoms. The molecule has 21 heavy (non-hydrogen) atoms. The van der Waals surface area contributed by atoms with Crippen LogP contribution in [0, 0.1) is 0 Å². The fraction of sp³-hybridized carbons (Fsp3) is 0.625. The fourth-order valence-electron chi connectivity index (χ4n) is 2.28. The van der Waals surface area contributed by atoms with Crippen molar-refractivity contribution in [2.45, 2.75) is 30.8 Å². The summed E-state index contributed by atoms with van der Waals surface area (Å²) in [7, 11) is 4.22. The largest absolute Gasteiger partial charge is 0.486 e. The number of benzene rings is 1. The van der Waals surface area contributed by atoms with Gasteiger partial charge in [0.2, 0.25) is 0 Å². The van der Waals surface area contributed by atoms with Gasteiger partial charge >= 0.3 is 0 Å². The van der Waals surface area contributed by atoms with Gasteiger partial charge in [-0.2, -0.15) is 0 Å². The van der Waals surface area contributed by atoms with E-state index in [2.05, 4.69) is 49.6 Å². The van der Waals surface area contributed by atoms with Crippen LogP contribution in [0.3, 0.4) is 0 Å². The lowest BCUT2D eigenvalue weighted by Crippen LogP contribution is -2.29. The summed E-state index contributed by atoms with van der Waals surface area (Å²) in [4.78, 5) is 3.47. The van der Waals surface area contributed by atoms with Gasteiger partial charge < -0.3 is 19.7 Å². The molecule has 0 aromatic heterocycles. The number of nitrogens with one attached hydrogen (secondary N) is 1. The molecule has 1 atom stereocenters. The summed E-state index contributed by atoms with van der Waals surface area (Å²) in [6.07, 6.45) is 3.25. The van der Waals surface area contributed by atoms with Crippen LogP contribution in [0.4, 0.5) is 0 Å². The standard InChI is InChI=1S/C16H26N2O2S/c1-12(5-6-18(2)3)17-11-13-9-14-15(10-16(13)21-4)20-8-7-19-14/h9-10,12,17H,5-8,11H2,1-4H3. The molecule has 118 valence electrons. The molecule has 1 heterocycles. The van der Waals surface area contributed by atoms with Gasteiger partial charge in [0.05, 0.1) is 0 Å². The average molecular weight is 310 g/mol. The molecule has 1 aliphatic heterocycles. The van der Waals surface area contributed by atoms with Crippen molar-refractivity contribution >= 4 is 11.8 Å². The molecule has 0 saturated carbocycles. The molecular formula is C16H26N2O2S. The first-order valence-corrected chi connectivity index (χ1v) is 8.67. The summed E-state index contributed by atoms with van der Waals surface area (Å²) in [6, 6.07) is 4.71. The number of rotatable bonds is 7. The zero-order valence-electron chi connectivity index (χ0n) is 13.4. The van der Waals surface area contributed by atoms with Gasteiger partial charge in [-0.25, -0.2) is 0 Å². The highest BCUT2D eigenvalue weighted by Gasteiger charge is 2.15. The van der Waals surface area contributed by atoms with Crippen molar-refractivity contribution in [2.75, 3.05) is 40.1 Å². The number of fused-ring (bicyclic) bond motifs is 1. The van der Waals surface area contributed by atoms with Gasteiger partial charge in [0, 0.05) is 17.5 Å². The van der Waals surface area contributed by atoms with E-state index in [0.717, 1.165) is 31.0 Å². The Morgan fingerprint density at radius 1 is 1.24 bits per heavy atom. The van der Waals surface area contributed by atoms with E-state index < -0.39 is 0 Å². The molecule has 0 spiro atoms. The normalized spacial score (nSPS) is 15.3. The van der Waals surface area contributed by atoms with Crippen LogP contribution in [-0.2, 0) is 6.54 Å². The maximum absolute atomic E-state index is 5.68. The molecule has 1 aromatic rings. The lowest BCUT2D eigenvalue weighted by molar-refractivity contribution is 0.171. The topological polar surface area (TPSA) is 33.7 Å². The van der Waals surface area contributed by atoms with E-state index in [1.807, 2.05) is 0 Å². The summed E-state index contributed by atoms with van der Waals surface area (Å²) < 4.78 is 11.3. The van der Waals surface area contributed by atoms with Crippen LogP contribution in [0.2, 0.25) is 0 Å².